The van der Waals surface area contributed by atoms with Gasteiger partial charge in [0.1, 0.15) is 0 Å². The largest absolute Gasteiger partial charge is 0.473 e. The van der Waals surface area contributed by atoms with E-state index in [0.717, 1.165) is 19.0 Å². The molecule has 1 saturated heterocycles. The predicted octanol–water partition coefficient (Wildman–Crippen LogP) is 0.688. The molecule has 8 nitrogen and oxygen atoms in total. The topological polar surface area (TPSA) is 115 Å². The summed E-state index contributed by atoms with van der Waals surface area (Å²) < 4.78 is 25.2. The van der Waals surface area contributed by atoms with Crippen LogP contribution in [0.3, 0.4) is 0 Å². The SMILES string of the molecule is CCS(=O)(=O)N1CCN(C2CCC(C)CC2)CC1.O=C(O)C(=O)O. The van der Waals surface area contributed by atoms with Crippen molar-refractivity contribution in [3.05, 3.63) is 0 Å². The minimum atomic E-state index is -2.98. The molecule has 2 aliphatic rings. The molecule has 1 aliphatic heterocycles. The summed E-state index contributed by atoms with van der Waals surface area (Å²) in [5.74, 6) is -2.54. The molecule has 1 aliphatic carbocycles. The molecule has 9 heteroatoms. The molecule has 0 bridgehead atoms. The second-order valence-electron chi connectivity index (χ2n) is 6.36. The van der Waals surface area contributed by atoms with E-state index < -0.39 is 22.0 Å². The number of aliphatic carboxylic acids is 2. The Kier molecular flexibility index (Phi) is 8.11. The van der Waals surface area contributed by atoms with E-state index in [1.807, 2.05) is 0 Å². The van der Waals surface area contributed by atoms with Crippen molar-refractivity contribution < 1.29 is 28.2 Å². The highest BCUT2D eigenvalue weighted by atomic mass is 32.2. The molecular formula is C15H28N2O6S. The zero-order valence-corrected chi connectivity index (χ0v) is 15.2. The van der Waals surface area contributed by atoms with Crippen molar-refractivity contribution in [1.29, 1.82) is 0 Å². The maximum atomic E-state index is 11.8. The minimum Gasteiger partial charge on any atom is -0.473 e. The van der Waals surface area contributed by atoms with Gasteiger partial charge in [-0.3, -0.25) is 4.90 Å². The summed E-state index contributed by atoms with van der Waals surface area (Å²) >= 11 is 0. The summed E-state index contributed by atoms with van der Waals surface area (Å²) in [6.07, 6.45) is 5.25. The van der Waals surface area contributed by atoms with Crippen LogP contribution in [0.2, 0.25) is 0 Å². The smallest absolute Gasteiger partial charge is 0.414 e. The Balaban J connectivity index is 0.000000413. The van der Waals surface area contributed by atoms with Gasteiger partial charge in [-0.05, 0) is 38.5 Å². The normalized spacial score (nSPS) is 26.2. The number of hydrogen-bond donors (Lipinski definition) is 2. The number of rotatable bonds is 3. The van der Waals surface area contributed by atoms with Gasteiger partial charge in [-0.2, -0.15) is 4.31 Å². The first-order valence-corrected chi connectivity index (χ1v) is 9.96. The van der Waals surface area contributed by atoms with Crippen molar-refractivity contribution in [3.8, 4) is 0 Å². The van der Waals surface area contributed by atoms with Crippen LogP contribution in [0, 0.1) is 5.92 Å². The molecule has 0 aromatic carbocycles. The van der Waals surface area contributed by atoms with Crippen LogP contribution in [0.1, 0.15) is 39.5 Å². The molecule has 0 radical (unpaired) electrons. The zero-order chi connectivity index (χ0) is 18.3. The lowest BCUT2D eigenvalue weighted by atomic mass is 9.86. The Hall–Kier alpha value is -1.19. The average Bonchev–Trinajstić information content (AvgIpc) is 2.56. The molecule has 2 rings (SSSR count). The lowest BCUT2D eigenvalue weighted by Gasteiger charge is -2.41. The van der Waals surface area contributed by atoms with E-state index >= 15 is 0 Å². The molecule has 0 unspecified atom stereocenters. The van der Waals surface area contributed by atoms with Gasteiger partial charge in [-0.1, -0.05) is 6.92 Å². The maximum absolute atomic E-state index is 11.8. The van der Waals surface area contributed by atoms with Crippen molar-refractivity contribution in [2.45, 2.75) is 45.6 Å². The van der Waals surface area contributed by atoms with Crippen molar-refractivity contribution >= 4 is 22.0 Å². The molecule has 2 fully saturated rings. The number of piperazine rings is 1. The van der Waals surface area contributed by atoms with Gasteiger partial charge >= 0.3 is 11.9 Å². The third-order valence-electron chi connectivity index (χ3n) is 4.72. The Morgan fingerprint density at radius 1 is 0.958 bits per heavy atom. The van der Waals surface area contributed by atoms with Gasteiger partial charge in [-0.25, -0.2) is 18.0 Å². The Labute approximate surface area is 143 Å². The quantitative estimate of drug-likeness (QED) is 0.708. The fraction of sp³-hybridized carbons (Fsp3) is 0.867. The Morgan fingerprint density at radius 3 is 1.79 bits per heavy atom. The van der Waals surface area contributed by atoms with E-state index in [9.17, 15) is 8.42 Å². The molecule has 0 amide bonds. The van der Waals surface area contributed by atoms with Crippen molar-refractivity contribution in [3.63, 3.8) is 0 Å². The fourth-order valence-electron chi connectivity index (χ4n) is 3.14. The highest BCUT2D eigenvalue weighted by Gasteiger charge is 2.30. The summed E-state index contributed by atoms with van der Waals surface area (Å²) in [5, 5.41) is 14.8. The zero-order valence-electron chi connectivity index (χ0n) is 14.3. The third-order valence-corrected chi connectivity index (χ3v) is 6.60. The molecule has 24 heavy (non-hydrogen) atoms. The first-order valence-electron chi connectivity index (χ1n) is 8.35. The fourth-order valence-corrected chi connectivity index (χ4v) is 4.22. The second kappa shape index (κ2) is 9.33. The van der Waals surface area contributed by atoms with Crippen LogP contribution in [0.4, 0.5) is 0 Å². The highest BCUT2D eigenvalue weighted by molar-refractivity contribution is 7.89. The van der Waals surface area contributed by atoms with E-state index in [-0.39, 0.29) is 5.75 Å². The number of nitrogens with zero attached hydrogens (tertiary/aromatic N) is 2. The predicted molar refractivity (Wildman–Crippen MR) is 89.3 cm³/mol. The molecule has 140 valence electrons. The second-order valence-corrected chi connectivity index (χ2v) is 8.62. The van der Waals surface area contributed by atoms with Gasteiger partial charge in [-0.15, -0.1) is 0 Å². The number of hydrogen-bond acceptors (Lipinski definition) is 5. The van der Waals surface area contributed by atoms with Crippen LogP contribution in [0.5, 0.6) is 0 Å². The van der Waals surface area contributed by atoms with Crippen LogP contribution in [0.25, 0.3) is 0 Å². The lowest BCUT2D eigenvalue weighted by Crippen LogP contribution is -2.52. The summed E-state index contributed by atoms with van der Waals surface area (Å²) in [6, 6.07) is 0.702. The molecular weight excluding hydrogens is 336 g/mol. The van der Waals surface area contributed by atoms with Gasteiger partial charge in [0, 0.05) is 32.2 Å². The van der Waals surface area contributed by atoms with Crippen molar-refractivity contribution in [1.82, 2.24) is 9.21 Å². The van der Waals surface area contributed by atoms with Crippen LogP contribution >= 0.6 is 0 Å². The first kappa shape index (κ1) is 20.9. The monoisotopic (exact) mass is 364 g/mol. The van der Waals surface area contributed by atoms with Crippen LogP contribution in [0.15, 0.2) is 0 Å². The number of carbonyl (C=O) groups is 2. The van der Waals surface area contributed by atoms with Crippen LogP contribution in [-0.2, 0) is 19.6 Å². The third kappa shape index (κ3) is 6.37. The van der Waals surface area contributed by atoms with Crippen molar-refractivity contribution in [2.24, 2.45) is 5.92 Å². The molecule has 0 spiro atoms. The van der Waals surface area contributed by atoms with Crippen LogP contribution < -0.4 is 0 Å². The average molecular weight is 364 g/mol. The molecule has 0 aromatic rings. The molecule has 0 atom stereocenters. The number of carboxylic acid groups (broad SMARTS) is 2. The van der Waals surface area contributed by atoms with Gasteiger partial charge < -0.3 is 10.2 Å². The lowest BCUT2D eigenvalue weighted by molar-refractivity contribution is -0.159. The summed E-state index contributed by atoms with van der Waals surface area (Å²) in [4.78, 5) is 20.7. The van der Waals surface area contributed by atoms with E-state index in [1.54, 1.807) is 11.2 Å². The first-order chi connectivity index (χ1) is 11.2. The van der Waals surface area contributed by atoms with Gasteiger partial charge in [0.05, 0.1) is 5.75 Å². The van der Waals surface area contributed by atoms with E-state index in [0.29, 0.717) is 19.1 Å². The Bertz CT molecular complexity index is 508. The number of carboxylic acids is 2. The van der Waals surface area contributed by atoms with Gasteiger partial charge in [0.2, 0.25) is 10.0 Å². The van der Waals surface area contributed by atoms with Gasteiger partial charge in [0.25, 0.3) is 0 Å². The van der Waals surface area contributed by atoms with Crippen molar-refractivity contribution in [2.75, 3.05) is 31.9 Å². The maximum Gasteiger partial charge on any atom is 0.414 e. The van der Waals surface area contributed by atoms with E-state index in [4.69, 9.17) is 19.8 Å². The van der Waals surface area contributed by atoms with E-state index in [2.05, 4.69) is 11.8 Å². The van der Waals surface area contributed by atoms with Gasteiger partial charge in [0.15, 0.2) is 0 Å². The van der Waals surface area contributed by atoms with E-state index in [1.165, 1.54) is 25.7 Å². The summed E-state index contributed by atoms with van der Waals surface area (Å²) in [5.41, 5.74) is 0. The molecule has 0 aromatic heterocycles. The number of sulfonamides is 1. The highest BCUT2D eigenvalue weighted by Crippen LogP contribution is 2.27. The molecule has 1 heterocycles. The van der Waals surface area contributed by atoms with Crippen LogP contribution in [-0.4, -0.2) is 77.7 Å². The standard InChI is InChI=1S/C13H26N2O2S.C2H2O4/c1-3-18(16,17)15-10-8-14(9-11-15)13-6-4-12(2)5-7-13;3-1(4)2(5)6/h12-13H,3-11H2,1-2H3;(H,3,4)(H,5,6). The molecule has 2 N–H and O–H groups in total. The molecule has 1 saturated carbocycles. The minimum absolute atomic E-state index is 0.230. The Morgan fingerprint density at radius 2 is 1.42 bits per heavy atom. The summed E-state index contributed by atoms with van der Waals surface area (Å²) in [7, 11) is -2.98. The summed E-state index contributed by atoms with van der Waals surface area (Å²) in [6.45, 7) is 7.26.